The van der Waals surface area contributed by atoms with Crippen molar-refractivity contribution in [3.05, 3.63) is 29.8 Å². The van der Waals surface area contributed by atoms with Crippen molar-refractivity contribution in [1.29, 1.82) is 0 Å². The van der Waals surface area contributed by atoms with Gasteiger partial charge in [0.25, 0.3) is 0 Å². The molecule has 4 nitrogen and oxygen atoms in total. The van der Waals surface area contributed by atoms with Crippen molar-refractivity contribution in [2.75, 3.05) is 31.6 Å². The van der Waals surface area contributed by atoms with E-state index in [2.05, 4.69) is 17.4 Å². The Morgan fingerprint density at radius 2 is 2.11 bits per heavy atom. The minimum Gasteiger partial charge on any atom is -0.382 e. The normalized spacial score (nSPS) is 21.9. The van der Waals surface area contributed by atoms with Crippen molar-refractivity contribution in [2.45, 2.75) is 25.4 Å². The van der Waals surface area contributed by atoms with Gasteiger partial charge in [-0.15, -0.1) is 0 Å². The van der Waals surface area contributed by atoms with Crippen LogP contribution in [0.3, 0.4) is 0 Å². The first-order chi connectivity index (χ1) is 9.33. The van der Waals surface area contributed by atoms with E-state index in [4.69, 9.17) is 4.74 Å². The lowest BCUT2D eigenvalue weighted by atomic mass is 10.0. The van der Waals surface area contributed by atoms with Crippen LogP contribution in [0.15, 0.2) is 24.3 Å². The average molecular weight is 260 g/mol. The predicted octanol–water partition coefficient (Wildman–Crippen LogP) is 1.66. The molecule has 0 aromatic heterocycles. The van der Waals surface area contributed by atoms with Crippen LogP contribution < -0.4 is 5.32 Å². The highest BCUT2D eigenvalue weighted by atomic mass is 16.5. The van der Waals surface area contributed by atoms with Crippen LogP contribution in [-0.2, 0) is 16.0 Å². The van der Waals surface area contributed by atoms with Crippen LogP contribution >= 0.6 is 0 Å². The maximum Gasteiger partial charge on any atom is 0.248 e. The third-order valence-electron chi connectivity index (χ3n) is 3.89. The van der Waals surface area contributed by atoms with Crippen molar-refractivity contribution in [2.24, 2.45) is 0 Å². The van der Waals surface area contributed by atoms with Crippen LogP contribution in [0.4, 0.5) is 5.69 Å². The Balaban J connectivity index is 1.50. The number of benzene rings is 1. The van der Waals surface area contributed by atoms with Gasteiger partial charge in [0, 0.05) is 31.7 Å². The molecule has 2 aliphatic rings. The van der Waals surface area contributed by atoms with E-state index in [1.54, 1.807) is 0 Å². The van der Waals surface area contributed by atoms with Crippen LogP contribution in [0.5, 0.6) is 0 Å². The number of hydrogen-bond acceptors (Lipinski definition) is 3. The highest BCUT2D eigenvalue weighted by Gasteiger charge is 2.22. The molecule has 1 aromatic rings. The number of rotatable bonds is 3. The van der Waals surface area contributed by atoms with E-state index >= 15 is 0 Å². The standard InChI is InChI=1S/C15H20N2O2/c18-15(17-7-3-4-8-17)11-19-13-9-12-5-1-2-6-14(12)16-10-13/h1-2,5-6,13,16H,3-4,7-11H2. The molecule has 3 rings (SSSR count). The Kier molecular flexibility index (Phi) is 3.69. The summed E-state index contributed by atoms with van der Waals surface area (Å²) in [4.78, 5) is 13.8. The Bertz CT molecular complexity index is 455. The number of likely N-dealkylation sites (tertiary alicyclic amines) is 1. The van der Waals surface area contributed by atoms with Gasteiger partial charge in [-0.1, -0.05) is 18.2 Å². The van der Waals surface area contributed by atoms with Gasteiger partial charge in [-0.2, -0.15) is 0 Å². The van der Waals surface area contributed by atoms with Crippen LogP contribution in [0.1, 0.15) is 18.4 Å². The van der Waals surface area contributed by atoms with Crippen molar-refractivity contribution < 1.29 is 9.53 Å². The number of para-hydroxylation sites is 1. The molecule has 1 aromatic carbocycles. The molecule has 0 bridgehead atoms. The molecule has 102 valence electrons. The second-order valence-corrected chi connectivity index (χ2v) is 5.26. The van der Waals surface area contributed by atoms with Crippen molar-refractivity contribution in [3.8, 4) is 0 Å². The molecule has 1 N–H and O–H groups in total. The minimum atomic E-state index is 0.0986. The predicted molar refractivity (Wildman–Crippen MR) is 74.2 cm³/mol. The van der Waals surface area contributed by atoms with Gasteiger partial charge in [-0.25, -0.2) is 0 Å². The molecule has 19 heavy (non-hydrogen) atoms. The molecule has 2 aliphatic heterocycles. The van der Waals surface area contributed by atoms with Gasteiger partial charge in [0.15, 0.2) is 0 Å². The molecule has 0 saturated carbocycles. The lowest BCUT2D eigenvalue weighted by molar-refractivity contribution is -0.136. The SMILES string of the molecule is O=C(COC1CNc2ccccc2C1)N1CCCC1. The maximum absolute atomic E-state index is 11.9. The molecular formula is C15H20N2O2. The highest BCUT2D eigenvalue weighted by molar-refractivity contribution is 5.77. The zero-order chi connectivity index (χ0) is 13.1. The van der Waals surface area contributed by atoms with Gasteiger partial charge in [0.05, 0.1) is 6.10 Å². The number of nitrogens with zero attached hydrogens (tertiary/aromatic N) is 1. The molecule has 1 atom stereocenters. The summed E-state index contributed by atoms with van der Waals surface area (Å²) in [5, 5.41) is 3.36. The second-order valence-electron chi connectivity index (χ2n) is 5.26. The summed E-state index contributed by atoms with van der Waals surface area (Å²) in [5.41, 5.74) is 2.46. The van der Waals surface area contributed by atoms with E-state index in [1.807, 2.05) is 17.0 Å². The molecule has 4 heteroatoms. The fraction of sp³-hybridized carbons (Fsp3) is 0.533. The Morgan fingerprint density at radius 3 is 2.95 bits per heavy atom. The largest absolute Gasteiger partial charge is 0.382 e. The molecule has 1 amide bonds. The number of nitrogens with one attached hydrogen (secondary N) is 1. The third-order valence-corrected chi connectivity index (χ3v) is 3.89. The summed E-state index contributed by atoms with van der Waals surface area (Å²) in [6.07, 6.45) is 3.24. The average Bonchev–Trinajstić information content (AvgIpc) is 2.99. The Hall–Kier alpha value is -1.55. The second kappa shape index (κ2) is 5.61. The lowest BCUT2D eigenvalue weighted by Gasteiger charge is -2.26. The number of amides is 1. The molecular weight excluding hydrogens is 240 g/mol. The lowest BCUT2D eigenvalue weighted by Crippen LogP contribution is -2.36. The Morgan fingerprint density at radius 1 is 1.32 bits per heavy atom. The van der Waals surface area contributed by atoms with Gasteiger partial charge < -0.3 is 15.0 Å². The number of carbonyl (C=O) groups excluding carboxylic acids is 1. The highest BCUT2D eigenvalue weighted by Crippen LogP contribution is 2.22. The van der Waals surface area contributed by atoms with E-state index in [0.29, 0.717) is 0 Å². The smallest absolute Gasteiger partial charge is 0.248 e. The first-order valence-corrected chi connectivity index (χ1v) is 7.04. The summed E-state index contributed by atoms with van der Waals surface area (Å²) in [6.45, 7) is 2.79. The molecule has 1 fully saturated rings. The molecule has 1 unspecified atom stereocenters. The summed E-state index contributed by atoms with van der Waals surface area (Å²) in [6, 6.07) is 8.27. The van der Waals surface area contributed by atoms with Gasteiger partial charge in [0.2, 0.25) is 5.91 Å². The topological polar surface area (TPSA) is 41.6 Å². The van der Waals surface area contributed by atoms with E-state index in [0.717, 1.165) is 38.9 Å². The van der Waals surface area contributed by atoms with Crippen LogP contribution in [-0.4, -0.2) is 43.2 Å². The fourth-order valence-electron chi connectivity index (χ4n) is 2.78. The van der Waals surface area contributed by atoms with E-state index in [9.17, 15) is 4.79 Å². The zero-order valence-electron chi connectivity index (χ0n) is 11.1. The third kappa shape index (κ3) is 2.89. The van der Waals surface area contributed by atoms with Crippen molar-refractivity contribution >= 4 is 11.6 Å². The van der Waals surface area contributed by atoms with Gasteiger partial charge >= 0.3 is 0 Å². The van der Waals surface area contributed by atoms with Crippen LogP contribution in [0.2, 0.25) is 0 Å². The first kappa shape index (κ1) is 12.5. The minimum absolute atomic E-state index is 0.0986. The number of hydrogen-bond donors (Lipinski definition) is 1. The number of ether oxygens (including phenoxy) is 1. The fourth-order valence-corrected chi connectivity index (χ4v) is 2.78. The van der Waals surface area contributed by atoms with Crippen molar-refractivity contribution in [3.63, 3.8) is 0 Å². The van der Waals surface area contributed by atoms with Gasteiger partial charge in [-0.3, -0.25) is 4.79 Å². The molecule has 0 radical (unpaired) electrons. The van der Waals surface area contributed by atoms with E-state index in [-0.39, 0.29) is 18.6 Å². The summed E-state index contributed by atoms with van der Waals surface area (Å²) >= 11 is 0. The van der Waals surface area contributed by atoms with Crippen LogP contribution in [0, 0.1) is 0 Å². The maximum atomic E-state index is 11.9. The van der Waals surface area contributed by atoms with Gasteiger partial charge in [-0.05, 0) is 24.5 Å². The Labute approximate surface area is 113 Å². The number of anilines is 1. The van der Waals surface area contributed by atoms with E-state index < -0.39 is 0 Å². The van der Waals surface area contributed by atoms with Gasteiger partial charge in [0.1, 0.15) is 6.61 Å². The molecule has 1 saturated heterocycles. The molecule has 0 aliphatic carbocycles. The summed E-state index contributed by atoms with van der Waals surface area (Å²) in [5.74, 6) is 0.136. The van der Waals surface area contributed by atoms with Crippen LogP contribution in [0.25, 0.3) is 0 Å². The summed E-state index contributed by atoms with van der Waals surface area (Å²) in [7, 11) is 0. The number of fused-ring (bicyclic) bond motifs is 1. The van der Waals surface area contributed by atoms with E-state index in [1.165, 1.54) is 11.3 Å². The monoisotopic (exact) mass is 260 g/mol. The molecule has 0 spiro atoms. The number of carbonyl (C=O) groups is 1. The first-order valence-electron chi connectivity index (χ1n) is 7.04. The zero-order valence-corrected chi connectivity index (χ0v) is 11.1. The quantitative estimate of drug-likeness (QED) is 0.898. The van der Waals surface area contributed by atoms with Crippen molar-refractivity contribution in [1.82, 2.24) is 4.90 Å². The molecule has 2 heterocycles. The summed E-state index contributed by atoms with van der Waals surface area (Å²) < 4.78 is 5.76.